The Hall–Kier alpha value is -1.97. The van der Waals surface area contributed by atoms with Crippen molar-refractivity contribution in [1.29, 1.82) is 0 Å². The Morgan fingerprint density at radius 3 is 2.70 bits per heavy atom. The highest BCUT2D eigenvalue weighted by molar-refractivity contribution is 5.37. The van der Waals surface area contributed by atoms with Crippen LogP contribution < -0.4 is 4.74 Å². The largest absolute Gasteiger partial charge is 0.439 e. The van der Waals surface area contributed by atoms with E-state index in [-0.39, 0.29) is 5.82 Å². The van der Waals surface area contributed by atoms with Gasteiger partial charge >= 0.3 is 0 Å². The van der Waals surface area contributed by atoms with Crippen LogP contribution in [0.4, 0.5) is 4.39 Å². The first-order chi connectivity index (χ1) is 9.63. The highest BCUT2D eigenvalue weighted by atomic mass is 19.1. The lowest BCUT2D eigenvalue weighted by Crippen LogP contribution is -2.10. The third kappa shape index (κ3) is 2.50. The Bertz CT molecular complexity index is 655. The molecule has 0 unspecified atom stereocenters. The molecule has 104 valence electrons. The molecule has 0 aliphatic heterocycles. The molecule has 1 aliphatic rings. The van der Waals surface area contributed by atoms with Gasteiger partial charge in [0.25, 0.3) is 0 Å². The maximum absolute atomic E-state index is 13.6. The molecule has 0 saturated carbocycles. The van der Waals surface area contributed by atoms with Crippen molar-refractivity contribution in [1.82, 2.24) is 9.97 Å². The van der Waals surface area contributed by atoms with E-state index >= 15 is 0 Å². The van der Waals surface area contributed by atoms with Crippen molar-refractivity contribution in [3.8, 4) is 11.6 Å². The van der Waals surface area contributed by atoms with Crippen LogP contribution in [0.1, 0.15) is 35.5 Å². The molecule has 3 nitrogen and oxygen atoms in total. The van der Waals surface area contributed by atoms with E-state index in [1.54, 1.807) is 19.1 Å². The van der Waals surface area contributed by atoms with Crippen molar-refractivity contribution in [2.45, 2.75) is 39.5 Å². The number of halogens is 1. The van der Waals surface area contributed by atoms with E-state index in [2.05, 4.69) is 9.97 Å². The molecule has 0 bridgehead atoms. The molecule has 0 saturated heterocycles. The Morgan fingerprint density at radius 1 is 1.10 bits per heavy atom. The Labute approximate surface area is 117 Å². The average molecular weight is 272 g/mol. The molecular formula is C16H17FN2O. The maximum Gasteiger partial charge on any atom is 0.225 e. The number of nitrogens with zero attached hydrogens (tertiary/aromatic N) is 2. The Kier molecular flexibility index (Phi) is 3.38. The number of hydrogen-bond donors (Lipinski definition) is 0. The SMILES string of the molecule is Cc1nc2c(c(Oc3ccc(C)c(F)c3)n1)CCCC2. The van der Waals surface area contributed by atoms with Crippen LogP contribution in [-0.4, -0.2) is 9.97 Å². The first-order valence-electron chi connectivity index (χ1n) is 6.94. The summed E-state index contributed by atoms with van der Waals surface area (Å²) in [6, 6.07) is 4.89. The number of aromatic nitrogens is 2. The van der Waals surface area contributed by atoms with Gasteiger partial charge in [0.05, 0.1) is 5.69 Å². The van der Waals surface area contributed by atoms with Gasteiger partial charge in [0.2, 0.25) is 5.88 Å². The van der Waals surface area contributed by atoms with Gasteiger partial charge in [-0.25, -0.2) is 9.37 Å². The molecule has 0 atom stereocenters. The zero-order valence-electron chi connectivity index (χ0n) is 11.7. The van der Waals surface area contributed by atoms with E-state index in [0.717, 1.165) is 36.9 Å². The van der Waals surface area contributed by atoms with Gasteiger partial charge in [-0.05, 0) is 51.2 Å². The summed E-state index contributed by atoms with van der Waals surface area (Å²) < 4.78 is 19.4. The van der Waals surface area contributed by atoms with Gasteiger partial charge < -0.3 is 4.74 Å². The second kappa shape index (κ2) is 5.19. The minimum Gasteiger partial charge on any atom is -0.439 e. The van der Waals surface area contributed by atoms with Crippen molar-refractivity contribution < 1.29 is 9.13 Å². The molecule has 0 amide bonds. The summed E-state index contributed by atoms with van der Waals surface area (Å²) in [5.41, 5.74) is 2.76. The van der Waals surface area contributed by atoms with Gasteiger partial charge in [-0.15, -0.1) is 0 Å². The van der Waals surface area contributed by atoms with E-state index < -0.39 is 0 Å². The smallest absolute Gasteiger partial charge is 0.225 e. The molecule has 2 aromatic rings. The molecule has 1 heterocycles. The van der Waals surface area contributed by atoms with Crippen molar-refractivity contribution in [3.63, 3.8) is 0 Å². The van der Waals surface area contributed by atoms with Crippen LogP contribution in [0.15, 0.2) is 18.2 Å². The van der Waals surface area contributed by atoms with Gasteiger partial charge in [-0.1, -0.05) is 6.07 Å². The van der Waals surface area contributed by atoms with Crippen LogP contribution in [0.3, 0.4) is 0 Å². The van der Waals surface area contributed by atoms with Crippen molar-refractivity contribution in [2.24, 2.45) is 0 Å². The number of ether oxygens (including phenoxy) is 1. The number of rotatable bonds is 2. The van der Waals surface area contributed by atoms with E-state index in [1.165, 1.54) is 6.07 Å². The van der Waals surface area contributed by atoms with Crippen LogP contribution >= 0.6 is 0 Å². The van der Waals surface area contributed by atoms with E-state index in [1.807, 2.05) is 6.92 Å². The lowest BCUT2D eigenvalue weighted by atomic mass is 9.97. The van der Waals surface area contributed by atoms with Gasteiger partial charge in [-0.2, -0.15) is 4.98 Å². The number of benzene rings is 1. The number of hydrogen-bond acceptors (Lipinski definition) is 3. The van der Waals surface area contributed by atoms with Crippen molar-refractivity contribution in [3.05, 3.63) is 46.7 Å². The average Bonchev–Trinajstić information content (AvgIpc) is 2.43. The minimum atomic E-state index is -0.262. The minimum absolute atomic E-state index is 0.262. The topological polar surface area (TPSA) is 35.0 Å². The zero-order chi connectivity index (χ0) is 14.1. The highest BCUT2D eigenvalue weighted by Gasteiger charge is 2.18. The standard InChI is InChI=1S/C16H17FN2O/c1-10-7-8-12(9-14(10)17)20-16-13-5-3-4-6-15(13)18-11(2)19-16/h7-9H,3-6H2,1-2H3. The third-order valence-corrected chi connectivity index (χ3v) is 3.61. The molecule has 4 heteroatoms. The van der Waals surface area contributed by atoms with E-state index in [0.29, 0.717) is 23.0 Å². The third-order valence-electron chi connectivity index (χ3n) is 3.61. The summed E-state index contributed by atoms with van der Waals surface area (Å²) in [5.74, 6) is 1.50. The van der Waals surface area contributed by atoms with Crippen LogP contribution in [0.5, 0.6) is 11.6 Å². The molecule has 1 aliphatic carbocycles. The molecule has 0 spiro atoms. The zero-order valence-corrected chi connectivity index (χ0v) is 11.7. The fourth-order valence-electron chi connectivity index (χ4n) is 2.51. The molecule has 1 aromatic heterocycles. The second-order valence-corrected chi connectivity index (χ2v) is 5.22. The summed E-state index contributed by atoms with van der Waals surface area (Å²) >= 11 is 0. The fourth-order valence-corrected chi connectivity index (χ4v) is 2.51. The molecule has 0 fully saturated rings. The predicted octanol–water partition coefficient (Wildman–Crippen LogP) is 3.90. The van der Waals surface area contributed by atoms with Crippen LogP contribution in [0.25, 0.3) is 0 Å². The second-order valence-electron chi connectivity index (χ2n) is 5.22. The van der Waals surface area contributed by atoms with Crippen LogP contribution in [-0.2, 0) is 12.8 Å². The first-order valence-corrected chi connectivity index (χ1v) is 6.94. The number of fused-ring (bicyclic) bond motifs is 1. The molecule has 0 radical (unpaired) electrons. The summed E-state index contributed by atoms with van der Waals surface area (Å²) in [7, 11) is 0. The van der Waals surface area contributed by atoms with Crippen LogP contribution in [0, 0.1) is 19.7 Å². The first kappa shape index (κ1) is 13.0. The quantitative estimate of drug-likeness (QED) is 0.831. The Balaban J connectivity index is 1.97. The Morgan fingerprint density at radius 2 is 1.90 bits per heavy atom. The molecule has 3 rings (SSSR count). The van der Waals surface area contributed by atoms with Gasteiger partial charge in [0.1, 0.15) is 17.4 Å². The molecule has 20 heavy (non-hydrogen) atoms. The summed E-state index contributed by atoms with van der Waals surface area (Å²) in [6.45, 7) is 3.59. The number of aryl methyl sites for hydroxylation is 3. The normalized spacial score (nSPS) is 13.9. The maximum atomic E-state index is 13.6. The highest BCUT2D eigenvalue weighted by Crippen LogP contribution is 2.30. The van der Waals surface area contributed by atoms with Gasteiger partial charge in [0, 0.05) is 11.6 Å². The van der Waals surface area contributed by atoms with E-state index in [9.17, 15) is 4.39 Å². The molecule has 0 N–H and O–H groups in total. The van der Waals surface area contributed by atoms with Crippen LogP contribution in [0.2, 0.25) is 0 Å². The molecular weight excluding hydrogens is 255 g/mol. The van der Waals surface area contributed by atoms with Crippen molar-refractivity contribution in [2.75, 3.05) is 0 Å². The fraction of sp³-hybridized carbons (Fsp3) is 0.375. The summed E-state index contributed by atoms with van der Waals surface area (Å²) in [6.07, 6.45) is 4.18. The predicted molar refractivity (Wildman–Crippen MR) is 74.6 cm³/mol. The van der Waals surface area contributed by atoms with E-state index in [4.69, 9.17) is 4.74 Å². The molecule has 1 aromatic carbocycles. The summed E-state index contributed by atoms with van der Waals surface area (Å²) in [5, 5.41) is 0. The summed E-state index contributed by atoms with van der Waals surface area (Å²) in [4.78, 5) is 8.86. The van der Waals surface area contributed by atoms with Gasteiger partial charge in [-0.3, -0.25) is 0 Å². The van der Waals surface area contributed by atoms with Crippen molar-refractivity contribution >= 4 is 0 Å². The monoisotopic (exact) mass is 272 g/mol. The lowest BCUT2D eigenvalue weighted by Gasteiger charge is -2.18. The lowest BCUT2D eigenvalue weighted by molar-refractivity contribution is 0.440. The van der Waals surface area contributed by atoms with Gasteiger partial charge in [0.15, 0.2) is 0 Å².